The predicted molar refractivity (Wildman–Crippen MR) is 186 cm³/mol. The molecule has 0 amide bonds. The van der Waals surface area contributed by atoms with E-state index < -0.39 is 23.0 Å². The van der Waals surface area contributed by atoms with Crippen LogP contribution in [-0.4, -0.2) is 45.2 Å². The van der Waals surface area contributed by atoms with Crippen molar-refractivity contribution in [1.29, 1.82) is 0 Å². The van der Waals surface area contributed by atoms with Gasteiger partial charge in [-0.05, 0) is 62.1 Å². The molecular formula is C36H43FN6O4. The Kier molecular flexibility index (Phi) is 10.3. The van der Waals surface area contributed by atoms with E-state index in [0.29, 0.717) is 47.2 Å². The molecule has 11 heteroatoms. The summed E-state index contributed by atoms with van der Waals surface area (Å²) < 4.78 is 23.7. The molecule has 0 radical (unpaired) electrons. The number of fused-ring (bicyclic) bond motifs is 1. The van der Waals surface area contributed by atoms with E-state index in [1.54, 1.807) is 42.6 Å². The maximum absolute atomic E-state index is 15.4. The van der Waals surface area contributed by atoms with Crippen LogP contribution in [0.2, 0.25) is 0 Å². The van der Waals surface area contributed by atoms with Gasteiger partial charge in [0.2, 0.25) is 0 Å². The molecule has 248 valence electrons. The van der Waals surface area contributed by atoms with Crippen molar-refractivity contribution in [1.82, 2.24) is 14.3 Å². The molecule has 1 atom stereocenters. The summed E-state index contributed by atoms with van der Waals surface area (Å²) in [7, 11) is 1.51. The number of benzene rings is 2. The number of aryl methyl sites for hydroxylation is 1. The smallest absolute Gasteiger partial charge is 0.289 e. The lowest BCUT2D eigenvalue weighted by Crippen LogP contribution is -2.29. The van der Waals surface area contributed by atoms with Gasteiger partial charge in [0.25, 0.3) is 11.1 Å². The molecule has 5 rings (SSSR count). The van der Waals surface area contributed by atoms with Gasteiger partial charge in [0.1, 0.15) is 29.0 Å². The van der Waals surface area contributed by atoms with Crippen molar-refractivity contribution in [3.63, 3.8) is 0 Å². The quantitative estimate of drug-likeness (QED) is 0.230. The number of dihydropyridines is 1. The van der Waals surface area contributed by atoms with Gasteiger partial charge >= 0.3 is 0 Å². The van der Waals surface area contributed by atoms with Gasteiger partial charge in [-0.15, -0.1) is 0 Å². The second-order valence-corrected chi connectivity index (χ2v) is 12.7. The van der Waals surface area contributed by atoms with Gasteiger partial charge in [-0.25, -0.2) is 9.07 Å². The molecule has 2 aromatic carbocycles. The highest BCUT2D eigenvalue weighted by molar-refractivity contribution is 5.92. The van der Waals surface area contributed by atoms with Crippen LogP contribution >= 0.6 is 0 Å². The summed E-state index contributed by atoms with van der Waals surface area (Å²) in [5.74, 6) is -0.0140. The molecule has 0 saturated heterocycles. The molecule has 0 saturated carbocycles. The van der Waals surface area contributed by atoms with Crippen LogP contribution in [-0.2, 0) is 17.2 Å². The molecule has 0 spiro atoms. The number of nitrogens with one attached hydrogen (secondary N) is 1. The molecule has 10 nitrogen and oxygen atoms in total. The zero-order chi connectivity index (χ0) is 34.7. The normalized spacial score (nSPS) is 14.7. The highest BCUT2D eigenvalue weighted by Gasteiger charge is 2.23. The van der Waals surface area contributed by atoms with E-state index in [2.05, 4.69) is 15.4 Å². The van der Waals surface area contributed by atoms with E-state index in [9.17, 15) is 14.4 Å². The Bertz CT molecular complexity index is 1980. The van der Waals surface area contributed by atoms with Gasteiger partial charge in [0, 0.05) is 42.8 Å². The number of aliphatic imine (C=N–C) groups is 1. The summed E-state index contributed by atoms with van der Waals surface area (Å²) in [6.07, 6.45) is 5.74. The van der Waals surface area contributed by atoms with Crippen molar-refractivity contribution in [2.24, 2.45) is 17.8 Å². The maximum atomic E-state index is 15.4. The van der Waals surface area contributed by atoms with Crippen LogP contribution in [0.3, 0.4) is 0 Å². The first kappa shape index (κ1) is 35.0. The van der Waals surface area contributed by atoms with Crippen LogP contribution in [0.15, 0.2) is 75.1 Å². The fourth-order valence-electron chi connectivity index (χ4n) is 5.18. The van der Waals surface area contributed by atoms with Crippen molar-refractivity contribution in [3.8, 4) is 16.9 Å². The van der Waals surface area contributed by atoms with Gasteiger partial charge in [0.15, 0.2) is 6.29 Å². The van der Waals surface area contributed by atoms with Crippen LogP contribution < -0.4 is 22.2 Å². The number of hydrogen-bond donors (Lipinski definition) is 2. The summed E-state index contributed by atoms with van der Waals surface area (Å²) in [5.41, 5.74) is 6.09. The number of carbonyl (C=O) groups is 1. The summed E-state index contributed by atoms with van der Waals surface area (Å²) in [6.45, 7) is 14.0. The highest BCUT2D eigenvalue weighted by Crippen LogP contribution is 2.30. The zero-order valence-corrected chi connectivity index (χ0v) is 28.2. The molecule has 1 aliphatic rings. The molecule has 1 unspecified atom stereocenters. The summed E-state index contributed by atoms with van der Waals surface area (Å²) in [6, 6.07) is 11.2. The monoisotopic (exact) mass is 642 g/mol. The summed E-state index contributed by atoms with van der Waals surface area (Å²) in [4.78, 5) is 43.7. The Balaban J connectivity index is 0.00000245. The number of anilines is 1. The number of nitrogens with zero attached hydrogens (tertiary/aromatic N) is 4. The number of ether oxygens (including phenoxy) is 1. The third-order valence-corrected chi connectivity index (χ3v) is 7.72. The molecule has 47 heavy (non-hydrogen) atoms. The van der Waals surface area contributed by atoms with E-state index in [-0.39, 0.29) is 33.5 Å². The Labute approximate surface area is 273 Å². The summed E-state index contributed by atoms with van der Waals surface area (Å²) in [5, 5.41) is 7.89. The molecule has 3 heterocycles. The third-order valence-electron chi connectivity index (χ3n) is 7.72. The Morgan fingerprint density at radius 3 is 2.43 bits per heavy atom. The number of nitrogens with two attached hydrogens (primary N) is 1. The van der Waals surface area contributed by atoms with Crippen molar-refractivity contribution >= 4 is 29.0 Å². The molecule has 0 aliphatic carbocycles. The van der Waals surface area contributed by atoms with Crippen molar-refractivity contribution in [3.05, 3.63) is 98.1 Å². The fraction of sp³-hybridized carbons (Fsp3) is 0.361. The first-order valence-corrected chi connectivity index (χ1v) is 15.6. The van der Waals surface area contributed by atoms with Gasteiger partial charge in [-0.1, -0.05) is 45.9 Å². The average Bonchev–Trinajstić information content (AvgIpc) is 3.03. The maximum Gasteiger partial charge on any atom is 0.289 e. The molecule has 0 fully saturated rings. The zero-order valence-electron chi connectivity index (χ0n) is 28.2. The minimum atomic E-state index is -0.667. The van der Waals surface area contributed by atoms with E-state index in [1.807, 2.05) is 54.5 Å². The van der Waals surface area contributed by atoms with Gasteiger partial charge in [-0.2, -0.15) is 5.10 Å². The molecule has 1 aliphatic heterocycles. The Hall–Kier alpha value is -4.90. The number of aldehydes is 1. The Morgan fingerprint density at radius 2 is 1.81 bits per heavy atom. The number of aromatic nitrogens is 3. The largest absolute Gasteiger partial charge is 0.487 e. The lowest BCUT2D eigenvalue weighted by atomic mass is 9.84. The van der Waals surface area contributed by atoms with E-state index in [0.717, 1.165) is 0 Å². The minimum absolute atomic E-state index is 0.0961. The van der Waals surface area contributed by atoms with E-state index >= 15 is 4.39 Å². The van der Waals surface area contributed by atoms with Crippen LogP contribution in [0.5, 0.6) is 0 Å². The van der Waals surface area contributed by atoms with Gasteiger partial charge in [0.05, 0.1) is 23.0 Å². The summed E-state index contributed by atoms with van der Waals surface area (Å²) >= 11 is 0. The number of halogens is 1. The predicted octanol–water partition coefficient (Wildman–Crippen LogP) is 5.88. The van der Waals surface area contributed by atoms with Crippen LogP contribution in [0.4, 0.5) is 10.1 Å². The van der Waals surface area contributed by atoms with Crippen molar-refractivity contribution in [2.75, 3.05) is 11.9 Å². The van der Waals surface area contributed by atoms with Crippen LogP contribution in [0.25, 0.3) is 27.7 Å². The number of carbonyl (C=O) groups excluding carboxylic acids is 1. The lowest BCUT2D eigenvalue weighted by Gasteiger charge is -2.25. The van der Waals surface area contributed by atoms with Gasteiger partial charge in [-0.3, -0.25) is 23.9 Å². The SMILES string of the molecule is CC.Cn1nc(-c2cccc(-n3ccc4cc(C(C)(C)CN)cc(F)c4c3=O)c2C=O)cc(NC2CC=C(OC(C)(C)C)C=N2)c1=O. The molecule has 4 aromatic rings. The molecular weight excluding hydrogens is 599 g/mol. The van der Waals surface area contributed by atoms with E-state index in [1.165, 1.54) is 28.6 Å². The van der Waals surface area contributed by atoms with Gasteiger partial charge < -0.3 is 15.8 Å². The van der Waals surface area contributed by atoms with Crippen LogP contribution in [0.1, 0.15) is 70.8 Å². The second-order valence-electron chi connectivity index (χ2n) is 12.7. The number of allylic oxidation sites excluding steroid dienone is 1. The molecule has 2 aromatic heterocycles. The van der Waals surface area contributed by atoms with E-state index in [4.69, 9.17) is 10.5 Å². The van der Waals surface area contributed by atoms with Crippen LogP contribution in [0, 0.1) is 5.82 Å². The molecule has 3 N–H and O–H groups in total. The lowest BCUT2D eigenvalue weighted by molar-refractivity contribution is 0.0641. The number of hydrogen-bond acceptors (Lipinski definition) is 8. The molecule has 0 bridgehead atoms. The average molecular weight is 643 g/mol. The fourth-order valence-corrected chi connectivity index (χ4v) is 5.18. The topological polar surface area (TPSA) is 134 Å². The standard InChI is InChI=1S/C34H37FN6O4.C2H6/c1-33(2,3)45-22-10-11-29(37-17-22)38-27-16-26(39-40(6)31(27)43)23-8-7-9-28(24(23)18-42)41-13-12-20-14-21(34(4,5)19-36)15-25(35)30(20)32(41)44;1-2/h7-10,12-18,29,38H,11,19,36H2,1-6H3;1-2H3. The first-order valence-electron chi connectivity index (χ1n) is 15.6. The van der Waals surface area contributed by atoms with Crippen molar-refractivity contribution < 1.29 is 13.9 Å². The minimum Gasteiger partial charge on any atom is -0.487 e. The van der Waals surface area contributed by atoms with Crippen molar-refractivity contribution in [2.45, 2.75) is 72.1 Å². The number of rotatable bonds is 8. The Morgan fingerprint density at radius 1 is 1.09 bits per heavy atom. The number of pyridine rings is 1. The second kappa shape index (κ2) is 13.8. The first-order chi connectivity index (χ1) is 22.2. The highest BCUT2D eigenvalue weighted by atomic mass is 19.1. The third kappa shape index (κ3) is 7.41.